The van der Waals surface area contributed by atoms with Crippen LogP contribution in [0.15, 0.2) is 60.8 Å². The number of anilines is 1. The van der Waals surface area contributed by atoms with Gasteiger partial charge in [-0.1, -0.05) is 18.2 Å². The second-order valence-electron chi connectivity index (χ2n) is 10.1. The summed E-state index contributed by atoms with van der Waals surface area (Å²) in [5.74, 6) is 0.782. The van der Waals surface area contributed by atoms with Crippen LogP contribution in [0.4, 0.5) is 10.5 Å². The SMILES string of the molecule is COc1cccc(C2c3cccn3-c3sc4c(c3CN2C(=O)Nc2ccc(C)c(C)c2)CCN(C)C4)c1. The molecule has 37 heavy (non-hydrogen) atoms. The monoisotopic (exact) mass is 512 g/mol. The van der Waals surface area contributed by atoms with Crippen LogP contribution in [0.25, 0.3) is 5.00 Å². The number of aromatic nitrogens is 1. The topological polar surface area (TPSA) is 49.7 Å². The van der Waals surface area contributed by atoms with E-state index in [1.54, 1.807) is 7.11 Å². The summed E-state index contributed by atoms with van der Waals surface area (Å²) in [6.07, 6.45) is 3.14. The van der Waals surface area contributed by atoms with Crippen LogP contribution in [-0.4, -0.2) is 41.1 Å². The van der Waals surface area contributed by atoms with Crippen LogP contribution in [-0.2, 0) is 19.5 Å². The Balaban J connectivity index is 1.49. The fourth-order valence-electron chi connectivity index (χ4n) is 5.53. The molecule has 2 aliphatic heterocycles. The van der Waals surface area contributed by atoms with E-state index in [0.717, 1.165) is 47.8 Å². The van der Waals surface area contributed by atoms with Crippen molar-refractivity contribution >= 4 is 23.1 Å². The number of fused-ring (bicyclic) bond motifs is 5. The third-order valence-corrected chi connectivity index (χ3v) is 8.94. The first-order valence-corrected chi connectivity index (χ1v) is 13.5. The van der Waals surface area contributed by atoms with Crippen molar-refractivity contribution in [1.82, 2.24) is 14.4 Å². The van der Waals surface area contributed by atoms with Crippen LogP contribution < -0.4 is 10.1 Å². The molecule has 2 aliphatic rings. The molecule has 1 unspecified atom stereocenters. The van der Waals surface area contributed by atoms with Gasteiger partial charge in [0.05, 0.1) is 25.4 Å². The molecule has 2 aromatic carbocycles. The van der Waals surface area contributed by atoms with E-state index in [4.69, 9.17) is 4.74 Å². The summed E-state index contributed by atoms with van der Waals surface area (Å²) in [7, 11) is 3.86. The van der Waals surface area contributed by atoms with Gasteiger partial charge < -0.3 is 24.4 Å². The fraction of sp³-hybridized carbons (Fsp3) is 0.300. The largest absolute Gasteiger partial charge is 0.497 e. The highest BCUT2D eigenvalue weighted by atomic mass is 32.1. The molecule has 2 aromatic heterocycles. The number of hydrogen-bond donors (Lipinski definition) is 1. The number of nitrogens with zero attached hydrogens (tertiary/aromatic N) is 3. The van der Waals surface area contributed by atoms with Crippen LogP contribution in [0.5, 0.6) is 5.75 Å². The van der Waals surface area contributed by atoms with Crippen LogP contribution in [0.2, 0.25) is 0 Å². The Morgan fingerprint density at radius 1 is 1.03 bits per heavy atom. The lowest BCUT2D eigenvalue weighted by Crippen LogP contribution is -2.38. The number of urea groups is 1. The van der Waals surface area contributed by atoms with E-state index >= 15 is 0 Å². The van der Waals surface area contributed by atoms with Gasteiger partial charge in [-0.25, -0.2) is 4.79 Å². The lowest BCUT2D eigenvalue weighted by atomic mass is 10.00. The van der Waals surface area contributed by atoms with Crippen LogP contribution in [0.3, 0.4) is 0 Å². The number of benzene rings is 2. The minimum absolute atomic E-state index is 0.107. The molecule has 0 radical (unpaired) electrons. The number of aryl methyl sites for hydroxylation is 2. The van der Waals surface area contributed by atoms with E-state index in [1.807, 2.05) is 46.6 Å². The molecular weight excluding hydrogens is 480 g/mol. The van der Waals surface area contributed by atoms with Gasteiger partial charge in [0.15, 0.2) is 0 Å². The number of carbonyl (C=O) groups excluding carboxylic acids is 1. The van der Waals surface area contributed by atoms with E-state index in [-0.39, 0.29) is 12.1 Å². The van der Waals surface area contributed by atoms with E-state index < -0.39 is 0 Å². The van der Waals surface area contributed by atoms with E-state index in [2.05, 4.69) is 66.1 Å². The van der Waals surface area contributed by atoms with Gasteiger partial charge in [0.1, 0.15) is 10.8 Å². The first kappa shape index (κ1) is 23.8. The average Bonchev–Trinajstić information content (AvgIpc) is 3.47. The summed E-state index contributed by atoms with van der Waals surface area (Å²) in [5.41, 5.74) is 7.96. The summed E-state index contributed by atoms with van der Waals surface area (Å²) in [5, 5.41) is 4.44. The Labute approximate surface area is 222 Å². The Hall–Kier alpha value is -3.55. The van der Waals surface area contributed by atoms with Crippen molar-refractivity contribution in [1.29, 1.82) is 0 Å². The zero-order valence-electron chi connectivity index (χ0n) is 21.7. The molecule has 4 heterocycles. The number of rotatable bonds is 3. The molecule has 0 saturated heterocycles. The molecule has 190 valence electrons. The molecule has 4 aromatic rings. The van der Waals surface area contributed by atoms with Gasteiger partial charge in [-0.05, 0) is 86.0 Å². The quantitative estimate of drug-likeness (QED) is 0.351. The number of carbonyl (C=O) groups is 1. The van der Waals surface area contributed by atoms with E-state index in [0.29, 0.717) is 6.54 Å². The minimum atomic E-state index is -0.266. The van der Waals surface area contributed by atoms with Crippen molar-refractivity contribution in [3.05, 3.63) is 99.2 Å². The maximum absolute atomic E-state index is 14.1. The van der Waals surface area contributed by atoms with Crippen molar-refractivity contribution in [2.24, 2.45) is 0 Å². The molecule has 2 amide bonds. The van der Waals surface area contributed by atoms with E-state index in [1.165, 1.54) is 26.6 Å². The molecule has 0 saturated carbocycles. The summed E-state index contributed by atoms with van der Waals surface area (Å²) < 4.78 is 7.86. The summed E-state index contributed by atoms with van der Waals surface area (Å²) >= 11 is 1.87. The first-order chi connectivity index (χ1) is 17.9. The maximum Gasteiger partial charge on any atom is 0.322 e. The molecule has 0 spiro atoms. The normalized spacial score (nSPS) is 17.0. The molecule has 0 fully saturated rings. The van der Waals surface area contributed by atoms with Gasteiger partial charge in [-0.3, -0.25) is 0 Å². The maximum atomic E-state index is 14.1. The zero-order chi connectivity index (χ0) is 25.7. The van der Waals surface area contributed by atoms with Crippen molar-refractivity contribution in [2.75, 3.05) is 26.0 Å². The third-order valence-electron chi connectivity index (χ3n) is 7.68. The highest BCUT2D eigenvalue weighted by Crippen LogP contribution is 2.44. The number of methoxy groups -OCH3 is 1. The third kappa shape index (κ3) is 4.22. The Kier molecular flexibility index (Phi) is 6.05. The van der Waals surface area contributed by atoms with Gasteiger partial charge >= 0.3 is 6.03 Å². The number of nitrogens with one attached hydrogen (secondary N) is 1. The molecule has 1 atom stereocenters. The van der Waals surface area contributed by atoms with Gasteiger partial charge in [0.25, 0.3) is 0 Å². The molecule has 0 bridgehead atoms. The fourth-order valence-corrected chi connectivity index (χ4v) is 6.97. The predicted octanol–water partition coefficient (Wildman–Crippen LogP) is 6.29. The summed E-state index contributed by atoms with van der Waals surface area (Å²) in [6.45, 7) is 6.69. The van der Waals surface area contributed by atoms with Crippen molar-refractivity contribution < 1.29 is 9.53 Å². The molecule has 1 N–H and O–H groups in total. The Morgan fingerprint density at radius 3 is 2.70 bits per heavy atom. The smallest absolute Gasteiger partial charge is 0.322 e. The number of ether oxygens (including phenoxy) is 1. The van der Waals surface area contributed by atoms with Gasteiger partial charge in [-0.2, -0.15) is 0 Å². The van der Waals surface area contributed by atoms with Crippen molar-refractivity contribution in [2.45, 2.75) is 39.4 Å². The lowest BCUT2D eigenvalue weighted by molar-refractivity contribution is 0.194. The number of hydrogen-bond acceptors (Lipinski definition) is 4. The molecule has 6 rings (SSSR count). The standard InChI is InChI=1S/C30H32N4O2S/c1-19-10-11-22(15-20(19)2)31-30(35)34-17-25-24-12-14-32(3)18-27(24)37-29(25)33-13-6-9-26(33)28(34)21-7-5-8-23(16-21)36-4/h5-11,13,15-16,28H,12,14,17-18H2,1-4H3,(H,31,35). The summed E-state index contributed by atoms with van der Waals surface area (Å²) in [4.78, 5) is 19.9. The second-order valence-corrected chi connectivity index (χ2v) is 11.2. The molecular formula is C30H32N4O2S. The Morgan fingerprint density at radius 2 is 1.89 bits per heavy atom. The average molecular weight is 513 g/mol. The van der Waals surface area contributed by atoms with E-state index in [9.17, 15) is 4.79 Å². The van der Waals surface area contributed by atoms with Gasteiger partial charge in [-0.15, -0.1) is 11.3 Å². The van der Waals surface area contributed by atoms with Gasteiger partial charge in [0.2, 0.25) is 0 Å². The predicted molar refractivity (Wildman–Crippen MR) is 149 cm³/mol. The van der Waals surface area contributed by atoms with Crippen molar-refractivity contribution in [3.8, 4) is 10.8 Å². The molecule has 7 heteroatoms. The van der Waals surface area contributed by atoms with Crippen molar-refractivity contribution in [3.63, 3.8) is 0 Å². The number of likely N-dealkylation sites (N-methyl/N-ethyl adjacent to an activating group) is 1. The highest BCUT2D eigenvalue weighted by molar-refractivity contribution is 7.15. The van der Waals surface area contributed by atoms with Gasteiger partial charge in [0, 0.05) is 35.4 Å². The summed E-state index contributed by atoms with van der Waals surface area (Å²) in [6, 6.07) is 18.0. The minimum Gasteiger partial charge on any atom is -0.497 e. The van der Waals surface area contributed by atoms with Crippen LogP contribution >= 0.6 is 11.3 Å². The zero-order valence-corrected chi connectivity index (χ0v) is 22.6. The molecule has 0 aliphatic carbocycles. The molecule has 6 nitrogen and oxygen atoms in total. The number of amides is 2. The highest BCUT2D eigenvalue weighted by Gasteiger charge is 2.36. The van der Waals surface area contributed by atoms with Crippen LogP contribution in [0, 0.1) is 13.8 Å². The number of thiophene rings is 1. The Bertz CT molecular complexity index is 1490. The second kappa shape index (κ2) is 9.39. The first-order valence-electron chi connectivity index (χ1n) is 12.7. The lowest BCUT2D eigenvalue weighted by Gasteiger charge is -2.32. The van der Waals surface area contributed by atoms with Crippen LogP contribution in [0.1, 0.15) is 44.4 Å².